The number of esters is 1. The second kappa shape index (κ2) is 9.46. The smallest absolute Gasteiger partial charge is 0.340 e. The van der Waals surface area contributed by atoms with E-state index in [9.17, 15) is 19.8 Å². The van der Waals surface area contributed by atoms with E-state index in [1.807, 2.05) is 0 Å². The molecular weight excluding hydrogens is 540 g/mol. The summed E-state index contributed by atoms with van der Waals surface area (Å²) in [4.78, 5) is 28.3. The standard InChI is InChI=1S/C32H44N2O8/c1-6-34-16-29(42-28(36)18-9-7-8-10-21(18)33-17(2)35)12-11-25(40-4)31-23(29)14-20(26(31)34)30(37)15-22(39-3)19-13-24(31)32(30,38)27(19)41-5/h7-10,19-20,22-27,37-38H,6,11-16H2,1-5H3,(H,33,35)/t19-,20-,22+,23-,24+,25+,26?,27-,29-,30+,31+,32+/m1/s1. The Labute approximate surface area is 247 Å². The Balaban J connectivity index is 1.38. The van der Waals surface area contributed by atoms with Crippen LogP contribution in [0.3, 0.4) is 0 Å². The molecule has 0 radical (unpaired) electrons. The summed E-state index contributed by atoms with van der Waals surface area (Å²) in [7, 11) is 5.05. The van der Waals surface area contributed by atoms with Gasteiger partial charge in [-0.3, -0.25) is 9.69 Å². The lowest BCUT2D eigenvalue weighted by atomic mass is 9.44. The number of carbonyl (C=O) groups excluding carboxylic acids is 2. The van der Waals surface area contributed by atoms with Crippen molar-refractivity contribution in [2.75, 3.05) is 39.7 Å². The second-order valence-corrected chi connectivity index (χ2v) is 13.7. The van der Waals surface area contributed by atoms with Crippen molar-refractivity contribution in [1.29, 1.82) is 0 Å². The third-order valence-electron chi connectivity index (χ3n) is 12.6. The number of anilines is 1. The molecule has 5 saturated carbocycles. The van der Waals surface area contributed by atoms with E-state index in [1.165, 1.54) is 6.92 Å². The first kappa shape index (κ1) is 28.7. The zero-order valence-corrected chi connectivity index (χ0v) is 25.2. The molecule has 7 bridgehead atoms. The first-order valence-corrected chi connectivity index (χ1v) is 15.4. The van der Waals surface area contributed by atoms with E-state index in [0.29, 0.717) is 56.4 Å². The van der Waals surface area contributed by atoms with E-state index in [4.69, 9.17) is 18.9 Å². The van der Waals surface area contributed by atoms with Crippen molar-refractivity contribution < 1.29 is 38.7 Å². The van der Waals surface area contributed by atoms with E-state index in [1.54, 1.807) is 45.6 Å². The van der Waals surface area contributed by atoms with E-state index in [-0.39, 0.29) is 47.8 Å². The molecular formula is C32H44N2O8. The Morgan fingerprint density at radius 3 is 2.50 bits per heavy atom. The van der Waals surface area contributed by atoms with E-state index < -0.39 is 34.3 Å². The molecule has 1 amide bonds. The third-order valence-corrected chi connectivity index (χ3v) is 12.6. The molecule has 10 nitrogen and oxygen atoms in total. The number of nitrogens with zero attached hydrogens (tertiary/aromatic N) is 1. The highest BCUT2D eigenvalue weighted by Gasteiger charge is 2.89. The molecule has 1 unspecified atom stereocenters. The molecule has 7 rings (SSSR count). The summed E-state index contributed by atoms with van der Waals surface area (Å²) in [5.74, 6) is -1.54. The van der Waals surface area contributed by atoms with Crippen molar-refractivity contribution in [2.45, 2.75) is 87.1 Å². The maximum Gasteiger partial charge on any atom is 0.340 e. The monoisotopic (exact) mass is 584 g/mol. The molecule has 6 aliphatic rings. The highest BCUT2D eigenvalue weighted by molar-refractivity contribution is 6.00. The summed E-state index contributed by atoms with van der Waals surface area (Å²) in [5.41, 5.74) is -3.57. The minimum absolute atomic E-state index is 0.0432. The van der Waals surface area contributed by atoms with Gasteiger partial charge in [0, 0.05) is 76.3 Å². The quantitative estimate of drug-likeness (QED) is 0.414. The number of benzene rings is 1. The van der Waals surface area contributed by atoms with E-state index in [2.05, 4.69) is 17.1 Å². The number of hydrogen-bond acceptors (Lipinski definition) is 9. The Bertz CT molecular complexity index is 1290. The Morgan fingerprint density at radius 1 is 1.07 bits per heavy atom. The van der Waals surface area contributed by atoms with Gasteiger partial charge in [0.25, 0.3) is 0 Å². The highest BCUT2D eigenvalue weighted by atomic mass is 16.6. The van der Waals surface area contributed by atoms with Crippen molar-refractivity contribution in [2.24, 2.45) is 29.1 Å². The van der Waals surface area contributed by atoms with E-state index in [0.717, 1.165) is 0 Å². The first-order valence-electron chi connectivity index (χ1n) is 15.4. The number of nitrogens with one attached hydrogen (secondary N) is 1. The molecule has 12 atom stereocenters. The fourth-order valence-corrected chi connectivity index (χ4v) is 11.6. The van der Waals surface area contributed by atoms with Gasteiger partial charge in [-0.15, -0.1) is 0 Å². The van der Waals surface area contributed by atoms with Crippen LogP contribution in [0.1, 0.15) is 56.3 Å². The molecule has 1 aromatic rings. The zero-order chi connectivity index (χ0) is 29.8. The van der Waals surface area contributed by atoms with Crippen molar-refractivity contribution >= 4 is 17.6 Å². The van der Waals surface area contributed by atoms with Crippen LogP contribution in [0, 0.1) is 29.1 Å². The third kappa shape index (κ3) is 3.21. The SMILES string of the molecule is CCN1C[C@]2(OC(=O)c3ccccc3NC(C)=O)CC[C@H](OC)[C@]34C1[C@@H](C[C@H]23)[C@@]1(O)C[C@H](OC)[C@H]2C[C@@H]4[C@]1(O)[C@@H]2OC. The average molecular weight is 585 g/mol. The Kier molecular flexibility index (Phi) is 6.46. The number of ether oxygens (including phenoxy) is 4. The molecule has 6 fully saturated rings. The number of carbonyl (C=O) groups is 2. The minimum Gasteiger partial charge on any atom is -0.454 e. The lowest BCUT2D eigenvalue weighted by molar-refractivity contribution is -0.337. The second-order valence-electron chi connectivity index (χ2n) is 13.7. The summed E-state index contributed by atoms with van der Waals surface area (Å²) in [6, 6.07) is 6.89. The zero-order valence-electron chi connectivity index (χ0n) is 25.2. The van der Waals surface area contributed by atoms with Crippen LogP contribution in [0.5, 0.6) is 0 Å². The number of likely N-dealkylation sites (N-methyl/N-ethyl adjacent to an activating group) is 1. The first-order chi connectivity index (χ1) is 20.1. The molecule has 230 valence electrons. The van der Waals surface area contributed by atoms with Gasteiger partial charge in [-0.05, 0) is 44.4 Å². The molecule has 1 aromatic carbocycles. The van der Waals surface area contributed by atoms with Gasteiger partial charge in [0.05, 0.1) is 29.6 Å². The predicted molar refractivity (Wildman–Crippen MR) is 152 cm³/mol. The van der Waals surface area contributed by atoms with Crippen molar-refractivity contribution in [3.8, 4) is 0 Å². The van der Waals surface area contributed by atoms with Crippen LogP contribution in [0.25, 0.3) is 0 Å². The molecule has 42 heavy (non-hydrogen) atoms. The van der Waals surface area contributed by atoms with E-state index >= 15 is 0 Å². The minimum atomic E-state index is -1.48. The summed E-state index contributed by atoms with van der Waals surface area (Å²) < 4.78 is 25.1. The van der Waals surface area contributed by atoms with Gasteiger partial charge in [-0.25, -0.2) is 4.79 Å². The van der Waals surface area contributed by atoms with Crippen LogP contribution in [-0.2, 0) is 23.7 Å². The summed E-state index contributed by atoms with van der Waals surface area (Å²) in [5, 5.41) is 28.4. The number of aliphatic hydroxyl groups is 2. The topological polar surface area (TPSA) is 127 Å². The number of fused-ring (bicyclic) bond motifs is 2. The van der Waals surface area contributed by atoms with Crippen molar-refractivity contribution in [1.82, 2.24) is 4.90 Å². The molecule has 10 heteroatoms. The number of methoxy groups -OCH3 is 3. The number of amides is 1. The lowest BCUT2D eigenvalue weighted by Crippen LogP contribution is -2.83. The normalized spacial score (nSPS) is 48.2. The van der Waals surface area contributed by atoms with Gasteiger partial charge < -0.3 is 34.5 Å². The van der Waals surface area contributed by atoms with Crippen LogP contribution < -0.4 is 5.32 Å². The number of hydrogen-bond donors (Lipinski definition) is 3. The van der Waals surface area contributed by atoms with Crippen molar-refractivity contribution in [3.63, 3.8) is 0 Å². The van der Waals surface area contributed by atoms with Gasteiger partial charge >= 0.3 is 5.97 Å². The maximum atomic E-state index is 14.0. The summed E-state index contributed by atoms with van der Waals surface area (Å²) >= 11 is 0. The summed E-state index contributed by atoms with van der Waals surface area (Å²) in [6.45, 7) is 4.79. The highest BCUT2D eigenvalue weighted by Crippen LogP contribution is 2.79. The predicted octanol–water partition coefficient (Wildman–Crippen LogP) is 2.22. The molecule has 1 spiro atoms. The largest absolute Gasteiger partial charge is 0.454 e. The van der Waals surface area contributed by atoms with Crippen LogP contribution in [0.4, 0.5) is 5.69 Å². The van der Waals surface area contributed by atoms with Gasteiger partial charge in [-0.1, -0.05) is 19.1 Å². The number of likely N-dealkylation sites (tertiary alicyclic amines) is 1. The van der Waals surface area contributed by atoms with Gasteiger partial charge in [0.1, 0.15) is 16.8 Å². The van der Waals surface area contributed by atoms with Crippen LogP contribution in [-0.4, -0.2) is 103 Å². The number of para-hydroxylation sites is 1. The fraction of sp³-hybridized carbons (Fsp3) is 0.750. The lowest BCUT2D eigenvalue weighted by Gasteiger charge is -2.70. The molecule has 5 aliphatic carbocycles. The van der Waals surface area contributed by atoms with Crippen molar-refractivity contribution in [3.05, 3.63) is 29.8 Å². The molecule has 1 aliphatic heterocycles. The van der Waals surface area contributed by atoms with Gasteiger partial charge in [0.15, 0.2) is 0 Å². The maximum absolute atomic E-state index is 14.0. The summed E-state index contributed by atoms with van der Waals surface area (Å²) in [6.07, 6.45) is 1.91. The number of rotatable bonds is 7. The van der Waals surface area contributed by atoms with Gasteiger partial charge in [0.2, 0.25) is 5.91 Å². The van der Waals surface area contributed by atoms with Crippen LogP contribution >= 0.6 is 0 Å². The average Bonchev–Trinajstić information content (AvgIpc) is 3.39. The molecule has 3 N–H and O–H groups in total. The number of piperidine rings is 1. The fourth-order valence-electron chi connectivity index (χ4n) is 11.6. The Hall–Kier alpha value is -2.08. The van der Waals surface area contributed by atoms with Gasteiger partial charge in [-0.2, -0.15) is 0 Å². The molecule has 1 heterocycles. The Morgan fingerprint density at radius 2 is 1.83 bits per heavy atom. The molecule has 0 aromatic heterocycles. The van der Waals surface area contributed by atoms with Crippen LogP contribution in [0.2, 0.25) is 0 Å². The molecule has 1 saturated heterocycles. The van der Waals surface area contributed by atoms with Crippen LogP contribution in [0.15, 0.2) is 24.3 Å².